The van der Waals surface area contributed by atoms with Crippen LogP contribution in [-0.4, -0.2) is 19.3 Å². The number of halogens is 1. The van der Waals surface area contributed by atoms with Crippen LogP contribution in [0.3, 0.4) is 0 Å². The van der Waals surface area contributed by atoms with Crippen LogP contribution in [0.5, 0.6) is 5.75 Å². The molecule has 0 aromatic heterocycles. The highest BCUT2D eigenvalue weighted by Crippen LogP contribution is 2.20. The summed E-state index contributed by atoms with van der Waals surface area (Å²) in [6.07, 6.45) is 1.64. The summed E-state index contributed by atoms with van der Waals surface area (Å²) in [6, 6.07) is 5.61. The third-order valence-corrected chi connectivity index (χ3v) is 2.10. The van der Waals surface area contributed by atoms with E-state index in [1.807, 2.05) is 18.2 Å². The standard InChI is InChI=1S/C9H11BrN4O/c1-15-8-3-2-7(10)4-6(8)5-13-14-9(11)12/h2-5H,1H3,(H4,11,12,14)/p+1/b13-5+. The summed E-state index contributed by atoms with van der Waals surface area (Å²) in [6.45, 7) is 0. The van der Waals surface area contributed by atoms with E-state index in [1.54, 1.807) is 13.3 Å². The molecule has 15 heavy (non-hydrogen) atoms. The third-order valence-electron chi connectivity index (χ3n) is 1.61. The lowest BCUT2D eigenvalue weighted by Crippen LogP contribution is -2.63. The highest BCUT2D eigenvalue weighted by Gasteiger charge is 2.03. The van der Waals surface area contributed by atoms with Crippen molar-refractivity contribution in [3.8, 4) is 5.75 Å². The zero-order valence-electron chi connectivity index (χ0n) is 8.20. The van der Waals surface area contributed by atoms with Gasteiger partial charge in [0.15, 0.2) is 0 Å². The van der Waals surface area contributed by atoms with Crippen LogP contribution in [0.4, 0.5) is 0 Å². The molecule has 0 aliphatic heterocycles. The van der Waals surface area contributed by atoms with Crippen LogP contribution in [0.25, 0.3) is 0 Å². The zero-order chi connectivity index (χ0) is 11.3. The number of methoxy groups -OCH3 is 1. The number of ether oxygens (including phenoxy) is 1. The SMILES string of the molecule is COc1ccc(Br)cc1/C=[NH+]/N=C(N)N. The molecule has 0 amide bonds. The first-order valence-corrected chi connectivity index (χ1v) is 4.93. The van der Waals surface area contributed by atoms with Gasteiger partial charge in [0.2, 0.25) is 6.21 Å². The molecule has 0 spiro atoms. The summed E-state index contributed by atoms with van der Waals surface area (Å²) >= 11 is 3.36. The quantitative estimate of drug-likeness (QED) is 0.380. The molecule has 0 radical (unpaired) electrons. The maximum atomic E-state index is 5.16. The van der Waals surface area contributed by atoms with Crippen LogP contribution in [0.15, 0.2) is 27.8 Å². The number of hydrogen-bond acceptors (Lipinski definition) is 2. The molecule has 0 unspecified atom stereocenters. The van der Waals surface area contributed by atoms with Crippen LogP contribution in [0.2, 0.25) is 0 Å². The molecular weight excluding hydrogens is 260 g/mol. The van der Waals surface area contributed by atoms with E-state index in [9.17, 15) is 0 Å². The van der Waals surface area contributed by atoms with Crippen molar-refractivity contribution in [2.24, 2.45) is 16.6 Å². The molecule has 6 heteroatoms. The summed E-state index contributed by atoms with van der Waals surface area (Å²) in [4.78, 5) is 0. The van der Waals surface area contributed by atoms with Crippen LogP contribution >= 0.6 is 15.9 Å². The number of nitrogens with two attached hydrogens (primary N) is 2. The summed E-state index contributed by atoms with van der Waals surface area (Å²) < 4.78 is 6.10. The van der Waals surface area contributed by atoms with Gasteiger partial charge in [0.05, 0.1) is 12.7 Å². The zero-order valence-corrected chi connectivity index (χ0v) is 9.78. The van der Waals surface area contributed by atoms with Crippen molar-refractivity contribution >= 4 is 28.1 Å². The third kappa shape index (κ3) is 3.59. The molecule has 0 saturated carbocycles. The van der Waals surface area contributed by atoms with Crippen molar-refractivity contribution in [3.63, 3.8) is 0 Å². The van der Waals surface area contributed by atoms with E-state index in [1.165, 1.54) is 0 Å². The second-order valence-electron chi connectivity index (χ2n) is 2.70. The number of benzene rings is 1. The highest BCUT2D eigenvalue weighted by atomic mass is 79.9. The summed E-state index contributed by atoms with van der Waals surface area (Å²) in [5, 5.41) is 6.24. The Hall–Kier alpha value is -1.56. The van der Waals surface area contributed by atoms with Gasteiger partial charge in [-0.05, 0) is 18.2 Å². The lowest BCUT2D eigenvalue weighted by Gasteiger charge is -2.01. The minimum atomic E-state index is -0.0276. The highest BCUT2D eigenvalue weighted by molar-refractivity contribution is 9.10. The first-order chi connectivity index (χ1) is 7.13. The molecule has 1 aromatic carbocycles. The monoisotopic (exact) mass is 271 g/mol. The molecule has 0 atom stereocenters. The maximum Gasteiger partial charge on any atom is 0.256 e. The van der Waals surface area contributed by atoms with Gasteiger partial charge in [0.25, 0.3) is 5.96 Å². The van der Waals surface area contributed by atoms with Crippen molar-refractivity contribution in [1.29, 1.82) is 0 Å². The van der Waals surface area contributed by atoms with Crippen LogP contribution in [-0.2, 0) is 0 Å². The number of guanidine groups is 1. The average molecular weight is 272 g/mol. The fourth-order valence-corrected chi connectivity index (χ4v) is 1.37. The Kier molecular flexibility index (Phi) is 4.11. The molecular formula is C9H12BrN4O+. The molecule has 0 fully saturated rings. The summed E-state index contributed by atoms with van der Waals surface area (Å²) in [7, 11) is 1.60. The Morgan fingerprint density at radius 2 is 2.27 bits per heavy atom. The summed E-state index contributed by atoms with van der Waals surface area (Å²) in [5.41, 5.74) is 11.2. The molecule has 0 aliphatic carbocycles. The largest absolute Gasteiger partial charge is 0.496 e. The Labute approximate surface area is 95.9 Å². The molecule has 0 saturated heterocycles. The van der Waals surface area contributed by atoms with E-state index in [-0.39, 0.29) is 5.96 Å². The lowest BCUT2D eigenvalue weighted by molar-refractivity contribution is -0.456. The minimum Gasteiger partial charge on any atom is -0.496 e. The fourth-order valence-electron chi connectivity index (χ4n) is 0.994. The first-order valence-electron chi connectivity index (χ1n) is 4.14. The molecule has 80 valence electrons. The van der Waals surface area contributed by atoms with Gasteiger partial charge in [0, 0.05) is 9.57 Å². The number of hydrogen-bond donors (Lipinski definition) is 3. The van der Waals surface area contributed by atoms with E-state index in [0.29, 0.717) is 0 Å². The fraction of sp³-hybridized carbons (Fsp3) is 0.111. The Morgan fingerprint density at radius 1 is 1.53 bits per heavy atom. The van der Waals surface area contributed by atoms with Gasteiger partial charge in [-0.1, -0.05) is 15.9 Å². The minimum absolute atomic E-state index is 0.0276. The van der Waals surface area contributed by atoms with Crippen LogP contribution in [0, 0.1) is 0 Å². The molecule has 0 heterocycles. The second-order valence-corrected chi connectivity index (χ2v) is 3.61. The van der Waals surface area contributed by atoms with E-state index < -0.39 is 0 Å². The first kappa shape index (κ1) is 11.5. The number of nitrogens with zero attached hydrogens (tertiary/aromatic N) is 1. The van der Waals surface area contributed by atoms with Crippen molar-refractivity contribution in [1.82, 2.24) is 0 Å². The van der Waals surface area contributed by atoms with E-state index in [2.05, 4.69) is 26.1 Å². The topological polar surface area (TPSA) is 87.6 Å². The van der Waals surface area contributed by atoms with Crippen molar-refractivity contribution in [3.05, 3.63) is 28.2 Å². The second kappa shape index (κ2) is 5.35. The van der Waals surface area contributed by atoms with Gasteiger partial charge < -0.3 is 16.2 Å². The molecule has 1 rings (SSSR count). The molecule has 0 aliphatic rings. The van der Waals surface area contributed by atoms with Crippen molar-refractivity contribution in [2.75, 3.05) is 7.11 Å². The van der Waals surface area contributed by atoms with Gasteiger partial charge in [0.1, 0.15) is 5.75 Å². The van der Waals surface area contributed by atoms with E-state index >= 15 is 0 Å². The van der Waals surface area contributed by atoms with E-state index in [4.69, 9.17) is 16.2 Å². The molecule has 5 nitrogen and oxygen atoms in total. The van der Waals surface area contributed by atoms with E-state index in [0.717, 1.165) is 15.8 Å². The predicted octanol–water partition coefficient (Wildman–Crippen LogP) is -0.854. The smallest absolute Gasteiger partial charge is 0.256 e. The molecule has 0 bridgehead atoms. The average Bonchev–Trinajstić information content (AvgIpc) is 2.17. The van der Waals surface area contributed by atoms with Crippen molar-refractivity contribution < 1.29 is 9.84 Å². The van der Waals surface area contributed by atoms with Crippen molar-refractivity contribution in [2.45, 2.75) is 0 Å². The summed E-state index contributed by atoms with van der Waals surface area (Å²) in [5.74, 6) is 0.705. The molecule has 5 N–H and O–H groups in total. The number of rotatable bonds is 3. The van der Waals surface area contributed by atoms with Gasteiger partial charge in [-0.2, -0.15) is 0 Å². The Morgan fingerprint density at radius 3 is 2.87 bits per heavy atom. The van der Waals surface area contributed by atoms with Gasteiger partial charge >= 0.3 is 0 Å². The van der Waals surface area contributed by atoms with Crippen LogP contribution in [0.1, 0.15) is 5.56 Å². The van der Waals surface area contributed by atoms with Gasteiger partial charge in [-0.3, -0.25) is 0 Å². The normalized spacial score (nSPS) is 10.3. The Balaban J connectivity index is 2.97. The number of nitrogens with one attached hydrogen (secondary N) is 1. The maximum absolute atomic E-state index is 5.16. The predicted molar refractivity (Wildman–Crippen MR) is 62.6 cm³/mol. The number of hydrazone groups is 1. The lowest BCUT2D eigenvalue weighted by atomic mass is 10.2. The Bertz CT molecular complexity index is 399. The van der Waals surface area contributed by atoms with Gasteiger partial charge in [-0.25, -0.2) is 0 Å². The molecule has 1 aromatic rings. The van der Waals surface area contributed by atoms with Gasteiger partial charge in [-0.15, -0.1) is 5.10 Å². The van der Waals surface area contributed by atoms with Crippen LogP contribution < -0.4 is 21.3 Å².